The molecule has 0 radical (unpaired) electrons. The highest BCUT2D eigenvalue weighted by molar-refractivity contribution is 5.50. The Balaban J connectivity index is 2.71. The molecule has 14 heavy (non-hydrogen) atoms. The molecule has 0 saturated carbocycles. The molecular formula is C7H11F2N5. The standard InChI is InChI=1S/C7H11F2N5/c1-11-5-2-6(12-3-4(8)9)14-7(10)13-5/h2,4H,3H2,1H3,(H4,10,11,12,13,14). The molecule has 0 spiro atoms. The SMILES string of the molecule is CNc1cc(NCC(F)F)nc(N)n1. The van der Waals surface area contributed by atoms with E-state index in [2.05, 4.69) is 20.6 Å². The van der Waals surface area contributed by atoms with E-state index in [4.69, 9.17) is 5.73 Å². The van der Waals surface area contributed by atoms with Gasteiger partial charge in [0.25, 0.3) is 6.43 Å². The molecule has 0 aliphatic carbocycles. The predicted molar refractivity (Wildman–Crippen MR) is 50.5 cm³/mol. The first kappa shape index (κ1) is 10.4. The minimum atomic E-state index is -2.43. The van der Waals surface area contributed by atoms with Crippen molar-refractivity contribution in [2.75, 3.05) is 30.0 Å². The number of hydrogen-bond acceptors (Lipinski definition) is 5. The zero-order valence-corrected chi connectivity index (χ0v) is 7.59. The smallest absolute Gasteiger partial charge is 0.255 e. The molecule has 0 aliphatic heterocycles. The summed E-state index contributed by atoms with van der Waals surface area (Å²) in [6.07, 6.45) is -2.43. The number of nitrogens with two attached hydrogens (primary N) is 1. The van der Waals surface area contributed by atoms with Crippen LogP contribution >= 0.6 is 0 Å². The number of nitrogens with zero attached hydrogens (tertiary/aromatic N) is 2. The number of anilines is 3. The lowest BCUT2D eigenvalue weighted by Crippen LogP contribution is -2.12. The van der Waals surface area contributed by atoms with Gasteiger partial charge in [-0.25, -0.2) is 8.78 Å². The van der Waals surface area contributed by atoms with Crippen LogP contribution in [-0.2, 0) is 0 Å². The number of aromatic nitrogens is 2. The summed E-state index contributed by atoms with van der Waals surface area (Å²) >= 11 is 0. The molecule has 0 amide bonds. The Morgan fingerprint density at radius 2 is 2.07 bits per heavy atom. The number of rotatable bonds is 4. The van der Waals surface area contributed by atoms with Crippen LogP contribution in [0.1, 0.15) is 0 Å². The fourth-order valence-corrected chi connectivity index (χ4v) is 0.866. The largest absolute Gasteiger partial charge is 0.373 e. The van der Waals surface area contributed by atoms with Crippen LogP contribution in [0.2, 0.25) is 0 Å². The molecule has 78 valence electrons. The Kier molecular flexibility index (Phi) is 3.38. The van der Waals surface area contributed by atoms with Crippen LogP contribution < -0.4 is 16.4 Å². The number of hydrogen-bond donors (Lipinski definition) is 3. The van der Waals surface area contributed by atoms with Crippen LogP contribution in [0.3, 0.4) is 0 Å². The van der Waals surface area contributed by atoms with Gasteiger partial charge in [-0.15, -0.1) is 0 Å². The van der Waals surface area contributed by atoms with Crippen LogP contribution in [0.4, 0.5) is 26.4 Å². The minimum Gasteiger partial charge on any atom is -0.373 e. The third-order valence-corrected chi connectivity index (χ3v) is 1.44. The Labute approximate surface area is 79.7 Å². The molecule has 1 rings (SSSR count). The van der Waals surface area contributed by atoms with Crippen molar-refractivity contribution >= 4 is 17.6 Å². The lowest BCUT2D eigenvalue weighted by Gasteiger charge is -2.07. The van der Waals surface area contributed by atoms with Crippen molar-refractivity contribution in [1.82, 2.24) is 9.97 Å². The van der Waals surface area contributed by atoms with Gasteiger partial charge in [-0.1, -0.05) is 0 Å². The summed E-state index contributed by atoms with van der Waals surface area (Å²) in [6, 6.07) is 1.50. The highest BCUT2D eigenvalue weighted by Crippen LogP contribution is 2.11. The van der Waals surface area contributed by atoms with Crippen LogP contribution in [0.5, 0.6) is 0 Å². The van der Waals surface area contributed by atoms with Gasteiger partial charge in [0.05, 0.1) is 6.54 Å². The van der Waals surface area contributed by atoms with E-state index >= 15 is 0 Å². The molecule has 1 aromatic heterocycles. The summed E-state index contributed by atoms with van der Waals surface area (Å²) in [5, 5.41) is 5.18. The molecule has 1 aromatic rings. The van der Waals surface area contributed by atoms with E-state index in [1.807, 2.05) is 0 Å². The predicted octanol–water partition coefficient (Wildman–Crippen LogP) is 0.777. The average molecular weight is 203 g/mol. The quantitative estimate of drug-likeness (QED) is 0.674. The van der Waals surface area contributed by atoms with Crippen LogP contribution in [0.25, 0.3) is 0 Å². The summed E-state index contributed by atoms with van der Waals surface area (Å²) in [7, 11) is 1.65. The second kappa shape index (κ2) is 4.54. The summed E-state index contributed by atoms with van der Waals surface area (Å²) in [5.74, 6) is 0.796. The number of halogens is 2. The molecule has 7 heteroatoms. The first-order valence-electron chi connectivity index (χ1n) is 3.96. The number of alkyl halides is 2. The van der Waals surface area contributed by atoms with E-state index in [0.29, 0.717) is 5.82 Å². The molecule has 0 atom stereocenters. The van der Waals surface area contributed by atoms with Crippen LogP contribution in [-0.4, -0.2) is 30.0 Å². The maximum Gasteiger partial charge on any atom is 0.255 e. The van der Waals surface area contributed by atoms with Gasteiger partial charge in [-0.05, 0) is 0 Å². The monoisotopic (exact) mass is 203 g/mol. The van der Waals surface area contributed by atoms with Gasteiger partial charge in [0.1, 0.15) is 11.6 Å². The molecule has 1 heterocycles. The number of nitrogens with one attached hydrogen (secondary N) is 2. The van der Waals surface area contributed by atoms with Gasteiger partial charge >= 0.3 is 0 Å². The van der Waals surface area contributed by atoms with Crippen molar-refractivity contribution in [3.63, 3.8) is 0 Å². The zero-order valence-electron chi connectivity index (χ0n) is 7.59. The average Bonchev–Trinajstić information content (AvgIpc) is 2.14. The third-order valence-electron chi connectivity index (χ3n) is 1.44. The van der Waals surface area contributed by atoms with Crippen molar-refractivity contribution in [3.05, 3.63) is 6.07 Å². The Hall–Kier alpha value is -1.66. The third kappa shape index (κ3) is 3.00. The summed E-state index contributed by atoms with van der Waals surface area (Å²) < 4.78 is 23.7. The zero-order chi connectivity index (χ0) is 10.6. The molecule has 0 aromatic carbocycles. The van der Waals surface area contributed by atoms with Gasteiger partial charge in [-0.2, -0.15) is 9.97 Å². The van der Waals surface area contributed by atoms with E-state index in [0.717, 1.165) is 0 Å². The van der Waals surface area contributed by atoms with E-state index in [9.17, 15) is 8.78 Å². The first-order chi connectivity index (χ1) is 6.61. The number of nitrogen functional groups attached to an aromatic ring is 1. The normalized spacial score (nSPS) is 10.3. The summed E-state index contributed by atoms with van der Waals surface area (Å²) in [4.78, 5) is 7.54. The van der Waals surface area contributed by atoms with Crippen molar-refractivity contribution in [2.45, 2.75) is 6.43 Å². The van der Waals surface area contributed by atoms with E-state index < -0.39 is 13.0 Å². The van der Waals surface area contributed by atoms with Crippen molar-refractivity contribution in [1.29, 1.82) is 0 Å². The highest BCUT2D eigenvalue weighted by Gasteiger charge is 2.04. The van der Waals surface area contributed by atoms with Crippen LogP contribution in [0, 0.1) is 0 Å². The molecular weight excluding hydrogens is 192 g/mol. The molecule has 0 aliphatic rings. The maximum atomic E-state index is 11.9. The lowest BCUT2D eigenvalue weighted by molar-refractivity contribution is 0.163. The maximum absolute atomic E-state index is 11.9. The van der Waals surface area contributed by atoms with Crippen molar-refractivity contribution in [2.24, 2.45) is 0 Å². The highest BCUT2D eigenvalue weighted by atomic mass is 19.3. The van der Waals surface area contributed by atoms with E-state index in [1.165, 1.54) is 6.07 Å². The molecule has 0 bridgehead atoms. The van der Waals surface area contributed by atoms with Crippen molar-refractivity contribution in [3.8, 4) is 0 Å². The Morgan fingerprint density at radius 1 is 1.43 bits per heavy atom. The van der Waals surface area contributed by atoms with Crippen molar-refractivity contribution < 1.29 is 8.78 Å². The van der Waals surface area contributed by atoms with E-state index in [-0.39, 0.29) is 11.8 Å². The topological polar surface area (TPSA) is 75.9 Å². The van der Waals surface area contributed by atoms with Gasteiger partial charge in [0.15, 0.2) is 0 Å². The molecule has 0 fully saturated rings. The van der Waals surface area contributed by atoms with E-state index in [1.54, 1.807) is 7.05 Å². The van der Waals surface area contributed by atoms with Gasteiger partial charge in [0, 0.05) is 13.1 Å². The minimum absolute atomic E-state index is 0.0358. The fourth-order valence-electron chi connectivity index (χ4n) is 0.866. The molecule has 4 N–H and O–H groups in total. The van der Waals surface area contributed by atoms with Gasteiger partial charge < -0.3 is 16.4 Å². The second-order valence-corrected chi connectivity index (χ2v) is 2.52. The van der Waals surface area contributed by atoms with Gasteiger partial charge in [0.2, 0.25) is 5.95 Å². The molecule has 5 nitrogen and oxygen atoms in total. The fraction of sp³-hybridized carbons (Fsp3) is 0.429. The Bertz CT molecular complexity index is 304. The summed E-state index contributed by atoms with van der Waals surface area (Å²) in [5.41, 5.74) is 5.35. The Morgan fingerprint density at radius 3 is 2.64 bits per heavy atom. The lowest BCUT2D eigenvalue weighted by atomic mass is 10.5. The molecule has 0 saturated heterocycles. The van der Waals surface area contributed by atoms with Gasteiger partial charge in [-0.3, -0.25) is 0 Å². The first-order valence-corrected chi connectivity index (χ1v) is 3.96. The molecule has 0 unspecified atom stereocenters. The summed E-state index contributed by atoms with van der Waals surface area (Å²) in [6.45, 7) is -0.459. The van der Waals surface area contributed by atoms with Crippen LogP contribution in [0.15, 0.2) is 6.07 Å². The second-order valence-electron chi connectivity index (χ2n) is 2.52.